The summed E-state index contributed by atoms with van der Waals surface area (Å²) in [6.07, 6.45) is -5.24. The van der Waals surface area contributed by atoms with Crippen LogP contribution in [-0.4, -0.2) is 85.5 Å². The van der Waals surface area contributed by atoms with Gasteiger partial charge in [-0.25, -0.2) is 28.0 Å². The van der Waals surface area contributed by atoms with Gasteiger partial charge in [-0.1, -0.05) is 0 Å². The first-order valence-electron chi connectivity index (χ1n) is 10.6. The van der Waals surface area contributed by atoms with Crippen LogP contribution in [0.25, 0.3) is 0 Å². The number of rotatable bonds is 9. The molecule has 0 aromatic carbocycles. The molecule has 0 heterocycles. The number of ether oxygens (including phenoxy) is 4. The number of carbonyl (C=O) groups excluding carboxylic acids is 5. The van der Waals surface area contributed by atoms with Gasteiger partial charge >= 0.3 is 24.2 Å². The molecular weight excluding hydrogens is 476 g/mol. The van der Waals surface area contributed by atoms with Gasteiger partial charge in [0.05, 0.1) is 27.3 Å². The number of nitrogens with one attached hydrogen (secondary N) is 2. The Balaban J connectivity index is 5.60. The van der Waals surface area contributed by atoms with Crippen molar-refractivity contribution < 1.29 is 51.7 Å². The lowest BCUT2D eigenvalue weighted by Gasteiger charge is -2.32. The number of esters is 1. The fraction of sp³-hybridized carbons (Fsp3) is 0.762. The Morgan fingerprint density at radius 3 is 1.71 bits per heavy atom. The van der Waals surface area contributed by atoms with Crippen LogP contribution >= 0.6 is 0 Å². The summed E-state index contributed by atoms with van der Waals surface area (Å²) in [6.45, 7) is 7.33. The van der Waals surface area contributed by atoms with E-state index in [0.29, 0.717) is 4.90 Å². The van der Waals surface area contributed by atoms with E-state index in [4.69, 9.17) is 9.47 Å². The van der Waals surface area contributed by atoms with Gasteiger partial charge in [-0.2, -0.15) is 4.90 Å². The van der Waals surface area contributed by atoms with Gasteiger partial charge in [-0.15, -0.1) is 0 Å². The highest BCUT2D eigenvalue weighted by molar-refractivity contribution is 5.94. The normalized spacial score (nSPS) is 12.6. The van der Waals surface area contributed by atoms with Crippen LogP contribution in [0.5, 0.6) is 0 Å². The zero-order valence-electron chi connectivity index (χ0n) is 21.3. The van der Waals surface area contributed by atoms with Gasteiger partial charge in [0, 0.05) is 6.42 Å². The quantitative estimate of drug-likeness (QED) is 0.352. The summed E-state index contributed by atoms with van der Waals surface area (Å²) >= 11 is 0. The second kappa shape index (κ2) is 13.0. The van der Waals surface area contributed by atoms with E-state index in [-0.39, 0.29) is 0 Å². The van der Waals surface area contributed by atoms with Crippen LogP contribution in [0.2, 0.25) is 0 Å². The van der Waals surface area contributed by atoms with Crippen molar-refractivity contribution in [3.63, 3.8) is 0 Å². The van der Waals surface area contributed by atoms with Crippen molar-refractivity contribution >= 4 is 30.2 Å². The third kappa shape index (κ3) is 13.3. The number of hydrogen-bond acceptors (Lipinski definition) is 9. The first-order chi connectivity index (χ1) is 15.8. The summed E-state index contributed by atoms with van der Waals surface area (Å²) in [6, 6.07) is -1.80. The lowest BCUT2D eigenvalue weighted by molar-refractivity contribution is -0.147. The van der Waals surface area contributed by atoms with E-state index < -0.39 is 79.3 Å². The fourth-order valence-electron chi connectivity index (χ4n) is 2.39. The predicted molar refractivity (Wildman–Crippen MR) is 118 cm³/mol. The van der Waals surface area contributed by atoms with Crippen LogP contribution in [0, 0.1) is 0 Å². The zero-order valence-corrected chi connectivity index (χ0v) is 21.3. The van der Waals surface area contributed by atoms with Crippen LogP contribution in [0.15, 0.2) is 0 Å². The molecule has 0 saturated carbocycles. The van der Waals surface area contributed by atoms with Crippen molar-refractivity contribution in [1.82, 2.24) is 15.5 Å². The lowest BCUT2D eigenvalue weighted by atomic mass is 10.1. The molecule has 0 rings (SSSR count). The van der Waals surface area contributed by atoms with E-state index in [9.17, 15) is 32.8 Å². The summed E-state index contributed by atoms with van der Waals surface area (Å²) in [5, 5.41) is 3.96. The van der Waals surface area contributed by atoms with E-state index >= 15 is 0 Å². The molecule has 0 aliphatic carbocycles. The summed E-state index contributed by atoms with van der Waals surface area (Å²) in [5.41, 5.74) is -2.16. The van der Waals surface area contributed by atoms with Crippen molar-refractivity contribution in [2.45, 2.75) is 77.6 Å². The number of hydrogen-bond donors (Lipinski definition) is 2. The lowest BCUT2D eigenvalue weighted by Crippen LogP contribution is -2.53. The summed E-state index contributed by atoms with van der Waals surface area (Å²) in [7, 11) is 2.03. The van der Waals surface area contributed by atoms with Crippen LogP contribution in [0.3, 0.4) is 0 Å². The molecule has 0 aliphatic heterocycles. The fourth-order valence-corrected chi connectivity index (χ4v) is 2.39. The van der Waals surface area contributed by atoms with Gasteiger partial charge < -0.3 is 29.6 Å². The van der Waals surface area contributed by atoms with Gasteiger partial charge in [0.2, 0.25) is 5.91 Å². The summed E-state index contributed by atoms with van der Waals surface area (Å²) < 4.78 is 48.1. The molecule has 0 radical (unpaired) electrons. The maximum Gasteiger partial charge on any atom is 0.420 e. The molecule has 14 heteroatoms. The number of halogens is 2. The first kappa shape index (κ1) is 31.8. The summed E-state index contributed by atoms with van der Waals surface area (Å²) in [5.74, 6) is -5.62. The highest BCUT2D eigenvalue weighted by Gasteiger charge is 2.43. The highest BCUT2D eigenvalue weighted by Crippen LogP contribution is 2.25. The second-order valence-electron chi connectivity index (χ2n) is 9.39. The zero-order chi connectivity index (χ0) is 27.6. The number of alkyl halides is 2. The number of nitrogens with zero attached hydrogens (tertiary/aromatic N) is 1. The number of amides is 4. The Bertz CT molecular complexity index is 749. The van der Waals surface area contributed by atoms with Crippen molar-refractivity contribution in [1.29, 1.82) is 0 Å². The number of methoxy groups -OCH3 is 2. The molecular formula is C21H35F2N3O9. The third-order valence-corrected chi connectivity index (χ3v) is 3.87. The van der Waals surface area contributed by atoms with Gasteiger partial charge in [-0.05, 0) is 48.0 Å². The van der Waals surface area contributed by atoms with E-state index in [2.05, 4.69) is 9.47 Å². The van der Waals surface area contributed by atoms with E-state index in [0.717, 1.165) is 14.2 Å². The Labute approximate surface area is 202 Å². The van der Waals surface area contributed by atoms with Gasteiger partial charge in [0.1, 0.15) is 17.2 Å². The highest BCUT2D eigenvalue weighted by atomic mass is 19.3. The van der Waals surface area contributed by atoms with Crippen molar-refractivity contribution in [3.05, 3.63) is 0 Å². The van der Waals surface area contributed by atoms with Gasteiger partial charge in [0.15, 0.2) is 0 Å². The van der Waals surface area contributed by atoms with E-state index in [1.54, 1.807) is 0 Å². The monoisotopic (exact) mass is 511 g/mol. The predicted octanol–water partition coefficient (Wildman–Crippen LogP) is 2.59. The maximum atomic E-state index is 14.5. The molecule has 1 atom stereocenters. The molecule has 0 spiro atoms. The Kier molecular flexibility index (Phi) is 11.9. The Morgan fingerprint density at radius 1 is 0.829 bits per heavy atom. The molecule has 12 nitrogen and oxygen atoms in total. The van der Waals surface area contributed by atoms with Crippen LogP contribution in [0.1, 0.15) is 54.4 Å². The molecule has 4 amide bonds. The molecule has 202 valence electrons. The number of alkyl carbamates (subject to hydrolysis) is 1. The Morgan fingerprint density at radius 2 is 1.31 bits per heavy atom. The van der Waals surface area contributed by atoms with Gasteiger partial charge in [-0.3, -0.25) is 4.79 Å². The molecule has 0 aromatic rings. The molecule has 0 unspecified atom stereocenters. The van der Waals surface area contributed by atoms with Crippen molar-refractivity contribution in [3.8, 4) is 0 Å². The number of carbonyl (C=O) groups is 5. The first-order valence-corrected chi connectivity index (χ1v) is 10.6. The molecule has 0 aromatic heterocycles. The van der Waals surface area contributed by atoms with Gasteiger partial charge in [0.25, 0.3) is 5.92 Å². The van der Waals surface area contributed by atoms with Crippen molar-refractivity contribution in [2.75, 3.05) is 27.3 Å². The molecule has 2 N–H and O–H groups in total. The smallest absolute Gasteiger partial charge is 0.420 e. The molecule has 0 fully saturated rings. The minimum absolute atomic E-state index is 0.303. The van der Waals surface area contributed by atoms with Crippen LogP contribution in [0.4, 0.5) is 23.2 Å². The maximum absolute atomic E-state index is 14.5. The van der Waals surface area contributed by atoms with E-state index in [1.165, 1.54) is 41.5 Å². The minimum Gasteiger partial charge on any atom is -0.467 e. The number of imide groups is 1. The second-order valence-corrected chi connectivity index (χ2v) is 9.39. The molecule has 0 aliphatic rings. The third-order valence-electron chi connectivity index (χ3n) is 3.87. The minimum atomic E-state index is -3.55. The molecule has 0 bridgehead atoms. The summed E-state index contributed by atoms with van der Waals surface area (Å²) in [4.78, 5) is 60.8. The van der Waals surface area contributed by atoms with Crippen LogP contribution < -0.4 is 10.6 Å². The van der Waals surface area contributed by atoms with Crippen LogP contribution in [-0.2, 0) is 28.5 Å². The van der Waals surface area contributed by atoms with E-state index in [1.807, 2.05) is 10.6 Å². The average Bonchev–Trinajstić information content (AvgIpc) is 2.69. The molecule has 0 saturated heterocycles. The molecule has 35 heavy (non-hydrogen) atoms. The SMILES string of the molecule is COC(=O)NCC(=O)NCC(F)(F)CC[C@@H](C(=O)OC)N(C(=O)OC(C)(C)C)C(=O)OC(C)(C)C. The topological polar surface area (TPSA) is 150 Å². The van der Waals surface area contributed by atoms with Crippen molar-refractivity contribution in [2.24, 2.45) is 0 Å². The largest absolute Gasteiger partial charge is 0.467 e. The Hall–Kier alpha value is -3.19. The average molecular weight is 512 g/mol. The standard InChI is InChI=1S/C21H35F2N3O9/c1-19(2,3)34-17(30)26(18(31)35-20(4,5)6)13(15(28)32-7)9-10-21(22,23)12-25-14(27)11-24-16(29)33-8/h13H,9-12H2,1-8H3,(H,24,29)(H,25,27)/t13-/m0/s1.